The number of rotatable bonds is 0. The van der Waals surface area contributed by atoms with Crippen molar-refractivity contribution in [1.29, 1.82) is 0 Å². The topological polar surface area (TPSA) is 30.2 Å². The first kappa shape index (κ1) is 7.35. The summed E-state index contributed by atoms with van der Waals surface area (Å²) in [6, 6.07) is 1.89. The molecule has 0 bridgehead atoms. The van der Waals surface area contributed by atoms with E-state index in [0.717, 1.165) is 23.5 Å². The van der Waals surface area contributed by atoms with Gasteiger partial charge in [0.05, 0.1) is 0 Å². The second-order valence-corrected chi connectivity index (χ2v) is 3.02. The Morgan fingerprint density at radius 2 is 2.08 bits per heavy atom. The van der Waals surface area contributed by atoms with Crippen LogP contribution in [0.5, 0.6) is 0 Å². The Balaban J connectivity index is 2.91. The van der Waals surface area contributed by atoms with Crippen LogP contribution in [0, 0.1) is 6.92 Å². The second kappa shape index (κ2) is 2.63. The SMILES string of the molecule is Cc1cc2c(oc1=O)=CCCC=2. The first-order chi connectivity index (χ1) is 5.77. The van der Waals surface area contributed by atoms with E-state index in [0.29, 0.717) is 5.56 Å². The Kier molecular flexibility index (Phi) is 1.61. The summed E-state index contributed by atoms with van der Waals surface area (Å²) in [5.41, 5.74) is 1.19. The minimum Gasteiger partial charge on any atom is -0.423 e. The molecule has 0 fully saturated rings. The molecule has 0 spiro atoms. The molecular formula is C10H10O2. The fraction of sp³-hybridized carbons (Fsp3) is 0.300. The van der Waals surface area contributed by atoms with Crippen LogP contribution in [0.25, 0.3) is 12.2 Å². The lowest BCUT2D eigenvalue weighted by atomic mass is 10.1. The molecule has 0 unspecified atom stereocenters. The summed E-state index contributed by atoms with van der Waals surface area (Å²) in [5.74, 6) is 0. The molecule has 2 heteroatoms. The standard InChI is InChI=1S/C10H10O2/c1-7-6-8-4-2-3-5-9(8)12-10(7)11/h4-6H,2-3H2,1H3. The number of aryl methyl sites for hydroxylation is 1. The first-order valence-electron chi connectivity index (χ1n) is 4.08. The monoisotopic (exact) mass is 162 g/mol. The van der Waals surface area contributed by atoms with Gasteiger partial charge in [-0.05, 0) is 31.9 Å². The van der Waals surface area contributed by atoms with Gasteiger partial charge in [-0.2, -0.15) is 0 Å². The van der Waals surface area contributed by atoms with Crippen LogP contribution in [0.15, 0.2) is 15.3 Å². The van der Waals surface area contributed by atoms with Gasteiger partial charge >= 0.3 is 5.63 Å². The van der Waals surface area contributed by atoms with Crippen LogP contribution in [0.3, 0.4) is 0 Å². The maximum atomic E-state index is 11.1. The van der Waals surface area contributed by atoms with Gasteiger partial charge in [0.25, 0.3) is 0 Å². The van der Waals surface area contributed by atoms with Crippen molar-refractivity contribution in [2.75, 3.05) is 0 Å². The minimum atomic E-state index is -0.222. The predicted octanol–water partition coefficient (Wildman–Crippen LogP) is 0.303. The van der Waals surface area contributed by atoms with Crippen molar-refractivity contribution >= 4 is 12.2 Å². The molecular weight excluding hydrogens is 152 g/mol. The van der Waals surface area contributed by atoms with E-state index >= 15 is 0 Å². The average molecular weight is 162 g/mol. The van der Waals surface area contributed by atoms with E-state index in [9.17, 15) is 4.79 Å². The summed E-state index contributed by atoms with van der Waals surface area (Å²) in [6.45, 7) is 1.77. The molecule has 1 aliphatic rings. The van der Waals surface area contributed by atoms with Crippen molar-refractivity contribution in [2.24, 2.45) is 0 Å². The van der Waals surface area contributed by atoms with Gasteiger partial charge in [-0.1, -0.05) is 6.08 Å². The lowest BCUT2D eigenvalue weighted by molar-refractivity contribution is 0.466. The van der Waals surface area contributed by atoms with Crippen LogP contribution >= 0.6 is 0 Å². The molecule has 12 heavy (non-hydrogen) atoms. The molecule has 1 aliphatic carbocycles. The molecule has 0 radical (unpaired) electrons. The summed E-state index contributed by atoms with van der Waals surface area (Å²) in [4.78, 5) is 11.1. The van der Waals surface area contributed by atoms with Crippen LogP contribution in [0.4, 0.5) is 0 Å². The minimum absolute atomic E-state index is 0.222. The van der Waals surface area contributed by atoms with Gasteiger partial charge in [0.1, 0.15) is 5.42 Å². The molecule has 0 saturated carbocycles. The van der Waals surface area contributed by atoms with E-state index in [1.54, 1.807) is 6.92 Å². The second-order valence-electron chi connectivity index (χ2n) is 3.02. The van der Waals surface area contributed by atoms with E-state index in [1.807, 2.05) is 12.1 Å². The fourth-order valence-corrected chi connectivity index (χ4v) is 1.37. The molecule has 62 valence electrons. The predicted molar refractivity (Wildman–Crippen MR) is 47.1 cm³/mol. The third-order valence-electron chi connectivity index (χ3n) is 2.04. The van der Waals surface area contributed by atoms with E-state index in [4.69, 9.17) is 4.42 Å². The molecule has 1 heterocycles. The maximum absolute atomic E-state index is 11.1. The number of fused-ring (bicyclic) bond motifs is 1. The largest absolute Gasteiger partial charge is 0.423 e. The molecule has 2 nitrogen and oxygen atoms in total. The Bertz CT molecular complexity index is 466. The zero-order valence-electron chi connectivity index (χ0n) is 6.96. The van der Waals surface area contributed by atoms with Gasteiger partial charge < -0.3 is 4.42 Å². The Hall–Kier alpha value is -1.31. The Morgan fingerprint density at radius 3 is 2.92 bits per heavy atom. The molecule has 1 aromatic heterocycles. The van der Waals surface area contributed by atoms with Gasteiger partial charge in [-0.15, -0.1) is 0 Å². The van der Waals surface area contributed by atoms with E-state index in [1.165, 1.54) is 0 Å². The van der Waals surface area contributed by atoms with Crippen LogP contribution in [-0.4, -0.2) is 0 Å². The van der Waals surface area contributed by atoms with Gasteiger partial charge in [0.15, 0.2) is 0 Å². The highest BCUT2D eigenvalue weighted by Crippen LogP contribution is 1.94. The van der Waals surface area contributed by atoms with Gasteiger partial charge in [0, 0.05) is 10.8 Å². The first-order valence-corrected chi connectivity index (χ1v) is 4.08. The van der Waals surface area contributed by atoms with Crippen LogP contribution < -0.4 is 16.3 Å². The van der Waals surface area contributed by atoms with E-state index in [2.05, 4.69) is 6.08 Å². The zero-order chi connectivity index (χ0) is 8.55. The summed E-state index contributed by atoms with van der Waals surface area (Å²) in [7, 11) is 0. The summed E-state index contributed by atoms with van der Waals surface area (Å²) in [5, 5.41) is 1.05. The quantitative estimate of drug-likeness (QED) is 0.549. The van der Waals surface area contributed by atoms with Crippen molar-refractivity contribution in [2.45, 2.75) is 19.8 Å². The molecule has 0 atom stereocenters. The van der Waals surface area contributed by atoms with Crippen molar-refractivity contribution in [1.82, 2.24) is 0 Å². The van der Waals surface area contributed by atoms with Crippen LogP contribution in [-0.2, 0) is 0 Å². The van der Waals surface area contributed by atoms with Crippen LogP contribution in [0.2, 0.25) is 0 Å². The smallest absolute Gasteiger partial charge is 0.339 e. The Morgan fingerprint density at radius 1 is 1.33 bits per heavy atom. The molecule has 2 rings (SSSR count). The van der Waals surface area contributed by atoms with Crippen molar-refractivity contribution in [3.05, 3.63) is 32.7 Å². The van der Waals surface area contributed by atoms with E-state index < -0.39 is 0 Å². The third kappa shape index (κ3) is 1.09. The highest BCUT2D eigenvalue weighted by molar-refractivity contribution is 5.35. The lowest BCUT2D eigenvalue weighted by Crippen LogP contribution is -2.31. The highest BCUT2D eigenvalue weighted by atomic mass is 16.4. The normalized spacial score (nSPS) is 14.4. The molecule has 1 aromatic rings. The molecule has 0 N–H and O–H groups in total. The zero-order valence-corrected chi connectivity index (χ0v) is 6.96. The van der Waals surface area contributed by atoms with Crippen LogP contribution in [0.1, 0.15) is 18.4 Å². The fourth-order valence-electron chi connectivity index (χ4n) is 1.37. The summed E-state index contributed by atoms with van der Waals surface area (Å²) >= 11 is 0. The summed E-state index contributed by atoms with van der Waals surface area (Å²) in [6.07, 6.45) is 6.08. The Labute approximate surface area is 69.8 Å². The van der Waals surface area contributed by atoms with Gasteiger partial charge in [-0.25, -0.2) is 4.79 Å². The third-order valence-corrected chi connectivity index (χ3v) is 2.04. The molecule has 0 aromatic carbocycles. The van der Waals surface area contributed by atoms with Crippen molar-refractivity contribution < 1.29 is 4.42 Å². The van der Waals surface area contributed by atoms with Crippen molar-refractivity contribution in [3.8, 4) is 0 Å². The molecule has 0 aliphatic heterocycles. The highest BCUT2D eigenvalue weighted by Gasteiger charge is 1.98. The van der Waals surface area contributed by atoms with Gasteiger partial charge in [-0.3, -0.25) is 0 Å². The van der Waals surface area contributed by atoms with Crippen molar-refractivity contribution in [3.63, 3.8) is 0 Å². The van der Waals surface area contributed by atoms with E-state index in [-0.39, 0.29) is 5.63 Å². The van der Waals surface area contributed by atoms with Gasteiger partial charge in [0.2, 0.25) is 0 Å². The summed E-state index contributed by atoms with van der Waals surface area (Å²) < 4.78 is 5.09. The number of hydrogen-bond acceptors (Lipinski definition) is 2. The molecule has 0 saturated heterocycles. The molecule has 0 amide bonds. The number of hydrogen-bond donors (Lipinski definition) is 0. The lowest BCUT2D eigenvalue weighted by Gasteiger charge is -1.98. The average Bonchev–Trinajstić information content (AvgIpc) is 2.07. The maximum Gasteiger partial charge on any atom is 0.339 e.